The molecule has 1 aromatic heterocycles. The van der Waals surface area contributed by atoms with Crippen LogP contribution in [0.1, 0.15) is 36.2 Å². The molecule has 0 spiro atoms. The zero-order valence-electron chi connectivity index (χ0n) is 12.5. The molecule has 1 aliphatic rings. The van der Waals surface area contributed by atoms with Crippen molar-refractivity contribution in [2.24, 2.45) is 0 Å². The summed E-state index contributed by atoms with van der Waals surface area (Å²) in [6.07, 6.45) is 0.199. The van der Waals surface area contributed by atoms with Gasteiger partial charge in [0.25, 0.3) is 5.56 Å². The van der Waals surface area contributed by atoms with E-state index in [2.05, 4.69) is 15.3 Å². The molecule has 2 N–H and O–H groups in total. The second-order valence-electron chi connectivity index (χ2n) is 5.19. The summed E-state index contributed by atoms with van der Waals surface area (Å²) >= 11 is 0. The van der Waals surface area contributed by atoms with Crippen molar-refractivity contribution in [2.75, 3.05) is 11.9 Å². The Morgan fingerprint density at radius 3 is 2.86 bits per heavy atom. The van der Waals surface area contributed by atoms with Crippen molar-refractivity contribution in [3.63, 3.8) is 0 Å². The van der Waals surface area contributed by atoms with Crippen molar-refractivity contribution in [1.82, 2.24) is 9.97 Å². The number of hydrogen-bond donors (Lipinski definition) is 2. The van der Waals surface area contributed by atoms with Crippen LogP contribution in [0.15, 0.2) is 29.1 Å². The van der Waals surface area contributed by atoms with Crippen molar-refractivity contribution in [3.8, 4) is 5.75 Å². The first-order valence-corrected chi connectivity index (χ1v) is 7.22. The molecule has 2 aromatic rings. The van der Waals surface area contributed by atoms with Gasteiger partial charge in [0.15, 0.2) is 0 Å². The zero-order valence-corrected chi connectivity index (χ0v) is 12.5. The molecule has 6 nitrogen and oxygen atoms in total. The van der Waals surface area contributed by atoms with Gasteiger partial charge in [-0.1, -0.05) is 18.2 Å². The SMILES string of the molecule is CCOc1ccccc1[C@H]1CC(=O)Nc2nc(C)[nH]c(=O)c21. The zero-order chi connectivity index (χ0) is 15.7. The van der Waals surface area contributed by atoms with Crippen molar-refractivity contribution >= 4 is 11.7 Å². The number of aryl methyl sites for hydroxylation is 1. The van der Waals surface area contributed by atoms with Crippen molar-refractivity contribution in [3.05, 3.63) is 51.6 Å². The highest BCUT2D eigenvalue weighted by Gasteiger charge is 2.32. The number of carbonyl (C=O) groups is 1. The van der Waals surface area contributed by atoms with Crippen LogP contribution in [0.5, 0.6) is 5.75 Å². The van der Waals surface area contributed by atoms with Gasteiger partial charge in [-0.2, -0.15) is 0 Å². The van der Waals surface area contributed by atoms with E-state index in [0.717, 1.165) is 5.56 Å². The lowest BCUT2D eigenvalue weighted by Crippen LogP contribution is -2.31. The number of ether oxygens (including phenoxy) is 1. The molecule has 1 amide bonds. The maximum atomic E-state index is 12.4. The molecule has 0 unspecified atom stereocenters. The first kappa shape index (κ1) is 14.3. The molecule has 0 saturated heterocycles. The standard InChI is InChI=1S/C16H17N3O3/c1-3-22-12-7-5-4-6-10(12)11-8-13(20)19-15-14(11)16(21)18-9(2)17-15/h4-7,11H,3,8H2,1-2H3,(H2,17,18,19,20,21)/t11-/m1/s1. The van der Waals surface area contributed by atoms with Crippen LogP contribution < -0.4 is 15.6 Å². The van der Waals surface area contributed by atoms with E-state index in [9.17, 15) is 9.59 Å². The van der Waals surface area contributed by atoms with Crippen LogP contribution in [0.2, 0.25) is 0 Å². The van der Waals surface area contributed by atoms with Gasteiger partial charge >= 0.3 is 0 Å². The number of hydrogen-bond acceptors (Lipinski definition) is 4. The number of benzene rings is 1. The number of amides is 1. The largest absolute Gasteiger partial charge is 0.494 e. The molecule has 0 saturated carbocycles. The molecule has 0 radical (unpaired) electrons. The van der Waals surface area contributed by atoms with Crippen LogP contribution in [-0.4, -0.2) is 22.5 Å². The summed E-state index contributed by atoms with van der Waals surface area (Å²) in [7, 11) is 0. The average Bonchev–Trinajstić information content (AvgIpc) is 2.46. The second kappa shape index (κ2) is 5.63. The number of H-pyrrole nitrogens is 1. The summed E-state index contributed by atoms with van der Waals surface area (Å²) in [6.45, 7) is 4.10. The summed E-state index contributed by atoms with van der Waals surface area (Å²) in [5, 5.41) is 2.68. The van der Waals surface area contributed by atoms with Crippen molar-refractivity contribution in [1.29, 1.82) is 0 Å². The first-order chi connectivity index (χ1) is 10.6. The second-order valence-corrected chi connectivity index (χ2v) is 5.19. The van der Waals surface area contributed by atoms with E-state index in [0.29, 0.717) is 29.6 Å². The minimum Gasteiger partial charge on any atom is -0.494 e. The Morgan fingerprint density at radius 1 is 1.32 bits per heavy atom. The molecule has 0 bridgehead atoms. The molecular weight excluding hydrogens is 282 g/mol. The predicted octanol–water partition coefficient (Wildman–Crippen LogP) is 1.95. The fourth-order valence-corrected chi connectivity index (χ4v) is 2.80. The number of aromatic nitrogens is 2. The number of carbonyl (C=O) groups excluding carboxylic acids is 1. The third-order valence-electron chi connectivity index (χ3n) is 3.66. The molecule has 1 atom stereocenters. The lowest BCUT2D eigenvalue weighted by atomic mass is 9.86. The van der Waals surface area contributed by atoms with E-state index in [-0.39, 0.29) is 23.8 Å². The fraction of sp³-hybridized carbons (Fsp3) is 0.312. The summed E-state index contributed by atoms with van der Waals surface area (Å²) in [5.41, 5.74) is 1.09. The highest BCUT2D eigenvalue weighted by molar-refractivity contribution is 5.94. The Hall–Kier alpha value is -2.63. The van der Waals surface area contributed by atoms with Gasteiger partial charge in [0.2, 0.25) is 5.91 Å². The number of rotatable bonds is 3. The predicted molar refractivity (Wildman–Crippen MR) is 82.3 cm³/mol. The lowest BCUT2D eigenvalue weighted by Gasteiger charge is -2.25. The smallest absolute Gasteiger partial charge is 0.256 e. The van der Waals surface area contributed by atoms with Crippen LogP contribution in [-0.2, 0) is 4.79 Å². The highest BCUT2D eigenvalue weighted by Crippen LogP contribution is 2.38. The molecule has 0 aliphatic carbocycles. The Kier molecular flexibility index (Phi) is 3.66. The van der Waals surface area contributed by atoms with Gasteiger partial charge in [-0.25, -0.2) is 4.98 Å². The summed E-state index contributed by atoms with van der Waals surface area (Å²) in [4.78, 5) is 31.3. The molecule has 2 heterocycles. The third kappa shape index (κ3) is 2.47. The molecule has 1 aliphatic heterocycles. The Bertz CT molecular complexity index is 782. The molecule has 114 valence electrons. The maximum Gasteiger partial charge on any atom is 0.256 e. The molecule has 3 rings (SSSR count). The first-order valence-electron chi connectivity index (χ1n) is 7.22. The molecule has 22 heavy (non-hydrogen) atoms. The van der Waals surface area contributed by atoms with Gasteiger partial charge in [-0.3, -0.25) is 9.59 Å². The van der Waals surface area contributed by atoms with Gasteiger partial charge in [0.1, 0.15) is 17.4 Å². The van der Waals surface area contributed by atoms with Gasteiger partial charge in [-0.05, 0) is 19.9 Å². The monoisotopic (exact) mass is 299 g/mol. The number of anilines is 1. The van der Waals surface area contributed by atoms with Crippen molar-refractivity contribution in [2.45, 2.75) is 26.2 Å². The Labute approximate surface area is 127 Å². The summed E-state index contributed by atoms with van der Waals surface area (Å²) in [6, 6.07) is 7.48. The third-order valence-corrected chi connectivity index (χ3v) is 3.66. The number of nitrogens with one attached hydrogen (secondary N) is 2. The van der Waals surface area contributed by atoms with Crippen LogP contribution in [0, 0.1) is 6.92 Å². The van der Waals surface area contributed by atoms with Crippen molar-refractivity contribution < 1.29 is 9.53 Å². The van der Waals surface area contributed by atoms with E-state index in [1.54, 1.807) is 6.92 Å². The highest BCUT2D eigenvalue weighted by atomic mass is 16.5. The van der Waals surface area contributed by atoms with Crippen LogP contribution in [0.25, 0.3) is 0 Å². The van der Waals surface area contributed by atoms with Crippen LogP contribution in [0.3, 0.4) is 0 Å². The molecule has 6 heteroatoms. The summed E-state index contributed by atoms with van der Waals surface area (Å²) in [5.74, 6) is 0.997. The normalized spacial score (nSPS) is 16.8. The lowest BCUT2D eigenvalue weighted by molar-refractivity contribution is -0.116. The average molecular weight is 299 g/mol. The van der Waals surface area contributed by atoms with Gasteiger partial charge < -0.3 is 15.0 Å². The Balaban J connectivity index is 2.18. The summed E-state index contributed by atoms with van der Waals surface area (Å²) < 4.78 is 5.64. The topological polar surface area (TPSA) is 84.1 Å². The molecule has 1 aromatic carbocycles. The van der Waals surface area contributed by atoms with E-state index < -0.39 is 0 Å². The number of fused-ring (bicyclic) bond motifs is 1. The van der Waals surface area contributed by atoms with E-state index in [1.165, 1.54) is 0 Å². The number of nitrogens with zero attached hydrogens (tertiary/aromatic N) is 1. The van der Waals surface area contributed by atoms with E-state index in [4.69, 9.17) is 4.74 Å². The maximum absolute atomic E-state index is 12.4. The minimum absolute atomic E-state index is 0.152. The molecule has 0 fully saturated rings. The van der Waals surface area contributed by atoms with Gasteiger partial charge in [0, 0.05) is 17.9 Å². The van der Waals surface area contributed by atoms with E-state index >= 15 is 0 Å². The quantitative estimate of drug-likeness (QED) is 0.907. The molecular formula is C16H17N3O3. The Morgan fingerprint density at radius 2 is 2.09 bits per heavy atom. The van der Waals surface area contributed by atoms with Crippen LogP contribution in [0.4, 0.5) is 5.82 Å². The van der Waals surface area contributed by atoms with Gasteiger partial charge in [0.05, 0.1) is 12.2 Å². The number of para-hydroxylation sites is 1. The number of aromatic amines is 1. The minimum atomic E-state index is -0.358. The van der Waals surface area contributed by atoms with E-state index in [1.807, 2.05) is 31.2 Å². The van der Waals surface area contributed by atoms with Gasteiger partial charge in [-0.15, -0.1) is 0 Å². The fourth-order valence-electron chi connectivity index (χ4n) is 2.80. The van der Waals surface area contributed by atoms with Crippen LogP contribution >= 0.6 is 0 Å².